The molecule has 0 spiro atoms. The molecular formula is C16H24FN3O7PS+. The van der Waals surface area contributed by atoms with Gasteiger partial charge in [0.1, 0.15) is 24.9 Å². The van der Waals surface area contributed by atoms with E-state index in [9.17, 15) is 23.7 Å². The van der Waals surface area contributed by atoms with Gasteiger partial charge in [0.15, 0.2) is 17.2 Å². The van der Waals surface area contributed by atoms with E-state index in [0.29, 0.717) is 0 Å². The fraction of sp³-hybridized carbons (Fsp3) is 0.688. The summed E-state index contributed by atoms with van der Waals surface area (Å²) in [5.41, 5.74) is -0.119. The molecule has 13 heteroatoms. The number of aryl methyl sites for hydroxylation is 1. The summed E-state index contributed by atoms with van der Waals surface area (Å²) in [5, 5.41) is 12.5. The zero-order valence-corrected chi connectivity index (χ0v) is 18.0. The maximum absolute atomic E-state index is 14.6. The topological polar surface area (TPSA) is 132 Å². The van der Waals surface area contributed by atoms with Crippen LogP contribution >= 0.6 is 20.4 Å². The Morgan fingerprint density at radius 1 is 1.52 bits per heavy atom. The highest BCUT2D eigenvalue weighted by atomic mass is 32.1. The minimum Gasteiger partial charge on any atom is -0.462 e. The van der Waals surface area contributed by atoms with E-state index < -0.39 is 57.0 Å². The number of carbonyl (C=O) groups is 1. The fourth-order valence-corrected chi connectivity index (χ4v) is 3.59. The van der Waals surface area contributed by atoms with Crippen LogP contribution in [-0.4, -0.2) is 57.8 Å². The van der Waals surface area contributed by atoms with Crippen LogP contribution in [0.3, 0.4) is 0 Å². The van der Waals surface area contributed by atoms with Crippen molar-refractivity contribution in [3.8, 4) is 0 Å². The average Bonchev–Trinajstić information content (AvgIpc) is 2.90. The van der Waals surface area contributed by atoms with Gasteiger partial charge >= 0.3 is 14.1 Å². The first-order chi connectivity index (χ1) is 13.5. The number of hydrogen-bond acceptors (Lipinski definition) is 8. The maximum atomic E-state index is 14.6. The number of ether oxygens (including phenoxy) is 2. The summed E-state index contributed by atoms with van der Waals surface area (Å²) >= 11 is 5.02. The highest BCUT2D eigenvalue weighted by molar-refractivity contribution is 7.71. The Morgan fingerprint density at radius 3 is 2.79 bits per heavy atom. The van der Waals surface area contributed by atoms with Crippen molar-refractivity contribution in [3.05, 3.63) is 26.9 Å². The van der Waals surface area contributed by atoms with Crippen LogP contribution < -0.4 is 10.6 Å². The van der Waals surface area contributed by atoms with Crippen LogP contribution in [0, 0.1) is 11.7 Å². The van der Waals surface area contributed by atoms with Crippen LogP contribution in [0.5, 0.6) is 0 Å². The van der Waals surface area contributed by atoms with Crippen LogP contribution in [0.25, 0.3) is 0 Å². The first kappa shape index (κ1) is 23.7. The number of aromatic amines is 1. The lowest BCUT2D eigenvalue weighted by Gasteiger charge is -2.17. The summed E-state index contributed by atoms with van der Waals surface area (Å²) in [6, 6.07) is -0.889. The minimum atomic E-state index is -2.50. The molecule has 1 aromatic rings. The van der Waals surface area contributed by atoms with Gasteiger partial charge in [-0.2, -0.15) is 0 Å². The Bertz CT molecular complexity index is 877. The second-order valence-electron chi connectivity index (χ2n) is 6.87. The molecule has 29 heavy (non-hydrogen) atoms. The summed E-state index contributed by atoms with van der Waals surface area (Å²) in [4.78, 5) is 25.7. The van der Waals surface area contributed by atoms with Crippen LogP contribution in [0.4, 0.5) is 4.39 Å². The van der Waals surface area contributed by atoms with Crippen LogP contribution in [0.2, 0.25) is 0 Å². The van der Waals surface area contributed by atoms with E-state index >= 15 is 0 Å². The molecule has 1 saturated heterocycles. The number of carbonyl (C=O) groups excluding carboxylic acids is 1. The highest BCUT2D eigenvalue weighted by Gasteiger charge is 2.46. The van der Waals surface area contributed by atoms with Crippen molar-refractivity contribution in [1.29, 1.82) is 0 Å². The number of rotatable bonds is 8. The number of aliphatic hydroxyl groups excluding tert-OH is 1. The van der Waals surface area contributed by atoms with E-state index in [-0.39, 0.29) is 16.4 Å². The number of nitrogens with zero attached hydrogens (tertiary/aromatic N) is 1. The molecule has 0 aliphatic carbocycles. The van der Waals surface area contributed by atoms with Crippen LogP contribution in [-0.2, 0) is 23.4 Å². The van der Waals surface area contributed by atoms with Gasteiger partial charge in [0.05, 0.1) is 6.10 Å². The number of H-pyrrole nitrogens is 1. The molecule has 2 heterocycles. The summed E-state index contributed by atoms with van der Waals surface area (Å²) in [7, 11) is -2.50. The number of esters is 1. The van der Waals surface area contributed by atoms with E-state index in [1.165, 1.54) is 24.6 Å². The number of aromatic nitrogens is 2. The molecule has 10 nitrogen and oxygen atoms in total. The number of hydrogen-bond donors (Lipinski definition) is 3. The van der Waals surface area contributed by atoms with E-state index in [1.807, 2.05) is 0 Å². The Labute approximate surface area is 172 Å². The zero-order valence-electron chi connectivity index (χ0n) is 16.3. The monoisotopic (exact) mass is 452 g/mol. The number of aliphatic hydroxyl groups is 1. The van der Waals surface area contributed by atoms with Gasteiger partial charge in [0.25, 0.3) is 5.56 Å². The van der Waals surface area contributed by atoms with Gasteiger partial charge in [-0.25, -0.2) is 4.39 Å². The first-order valence-corrected chi connectivity index (χ1v) is 10.5. The molecule has 1 aliphatic heterocycles. The summed E-state index contributed by atoms with van der Waals surface area (Å²) in [5.74, 6) is -0.601. The van der Waals surface area contributed by atoms with Gasteiger partial charge < -0.3 is 14.6 Å². The predicted octanol–water partition coefficient (Wildman–Crippen LogP) is 1.41. The predicted molar refractivity (Wildman–Crippen MR) is 103 cm³/mol. The molecule has 5 unspecified atom stereocenters. The van der Waals surface area contributed by atoms with Gasteiger partial charge in [0.2, 0.25) is 0 Å². The first-order valence-electron chi connectivity index (χ1n) is 8.87. The third-order valence-corrected chi connectivity index (χ3v) is 5.37. The fourth-order valence-electron chi connectivity index (χ4n) is 2.56. The average molecular weight is 452 g/mol. The summed E-state index contributed by atoms with van der Waals surface area (Å²) in [6.07, 6.45) is -4.84. The van der Waals surface area contributed by atoms with Crippen LogP contribution in [0.1, 0.15) is 32.6 Å². The largest absolute Gasteiger partial charge is 0.613 e. The van der Waals surface area contributed by atoms with Crippen molar-refractivity contribution in [2.45, 2.75) is 64.4 Å². The molecular weight excluding hydrogens is 428 g/mol. The molecule has 0 saturated carbocycles. The Kier molecular flexibility index (Phi) is 8.15. The lowest BCUT2D eigenvalue weighted by molar-refractivity contribution is -0.149. The van der Waals surface area contributed by atoms with E-state index in [2.05, 4.69) is 10.1 Å². The molecule has 2 rings (SSSR count). The molecule has 1 aromatic heterocycles. The lowest BCUT2D eigenvalue weighted by atomic mass is 10.1. The van der Waals surface area contributed by atoms with E-state index in [0.717, 1.165) is 0 Å². The Morgan fingerprint density at radius 2 is 2.17 bits per heavy atom. The van der Waals surface area contributed by atoms with Crippen molar-refractivity contribution >= 4 is 26.4 Å². The van der Waals surface area contributed by atoms with Gasteiger partial charge in [0, 0.05) is 11.8 Å². The van der Waals surface area contributed by atoms with E-state index in [1.54, 1.807) is 13.8 Å². The molecule has 162 valence electrons. The molecule has 0 aromatic carbocycles. The summed E-state index contributed by atoms with van der Waals surface area (Å²) in [6.45, 7) is 5.93. The van der Waals surface area contributed by atoms with Crippen molar-refractivity contribution in [1.82, 2.24) is 14.6 Å². The lowest BCUT2D eigenvalue weighted by Crippen LogP contribution is -2.34. The number of halogens is 1. The van der Waals surface area contributed by atoms with Gasteiger partial charge in [-0.05, 0) is 44.5 Å². The third kappa shape index (κ3) is 5.97. The van der Waals surface area contributed by atoms with Crippen molar-refractivity contribution in [2.75, 3.05) is 6.61 Å². The van der Waals surface area contributed by atoms with Crippen molar-refractivity contribution in [2.24, 2.45) is 0 Å². The SMILES string of the molecule is Cc1cn(C2OC(CO[P+](=O)N[C@@H](C)C(=O)OC(C)C)C(O)C2F)c(=S)[nH]c1=O. The maximum Gasteiger partial charge on any atom is 0.613 e. The smallest absolute Gasteiger partial charge is 0.462 e. The van der Waals surface area contributed by atoms with E-state index in [4.69, 9.17) is 26.2 Å². The highest BCUT2D eigenvalue weighted by Crippen LogP contribution is 2.33. The number of alkyl halides is 1. The zero-order chi connectivity index (χ0) is 21.9. The molecule has 1 aliphatic rings. The molecule has 3 N–H and O–H groups in total. The van der Waals surface area contributed by atoms with Crippen molar-refractivity contribution < 1.29 is 32.9 Å². The molecule has 0 amide bonds. The second-order valence-corrected chi connectivity index (χ2v) is 8.29. The van der Waals surface area contributed by atoms with Gasteiger partial charge in [-0.1, -0.05) is 5.09 Å². The quantitative estimate of drug-likeness (QED) is 0.304. The minimum absolute atomic E-state index is 0.0627. The molecule has 1 fully saturated rings. The number of nitrogens with one attached hydrogen (secondary N) is 2. The molecule has 6 atom stereocenters. The second kappa shape index (κ2) is 9.96. The Balaban J connectivity index is 1.97. The molecule has 0 bridgehead atoms. The summed E-state index contributed by atoms with van der Waals surface area (Å²) < 4.78 is 43.2. The van der Waals surface area contributed by atoms with Gasteiger partial charge in [-0.15, -0.1) is 4.52 Å². The molecule has 0 radical (unpaired) electrons. The van der Waals surface area contributed by atoms with Crippen molar-refractivity contribution in [3.63, 3.8) is 0 Å². The third-order valence-electron chi connectivity index (χ3n) is 4.07. The standard InChI is InChI=1S/C16H23FN3O7PS/c1-7(2)26-15(23)9(4)19-28(24)25-6-10-12(21)11(17)14(27-10)20-5-8(3)13(22)18-16(20)29/h5,7,9-12,14,21H,6H2,1-4H3,(H-,18,19,22,24,29)/p+1/t9-,10?,11?,12?,14?/m0/s1. The normalized spacial score (nSPS) is 25.8. The van der Waals surface area contributed by atoms with Crippen LogP contribution in [0.15, 0.2) is 11.0 Å². The van der Waals surface area contributed by atoms with Gasteiger partial charge in [-0.3, -0.25) is 19.1 Å². The Hall–Kier alpha value is -1.56.